The van der Waals surface area contributed by atoms with Crippen LogP contribution in [0.4, 0.5) is 0 Å². The number of hydrogen-bond acceptors (Lipinski definition) is 3. The zero-order valence-corrected chi connectivity index (χ0v) is 18.7. The van der Waals surface area contributed by atoms with E-state index in [0.717, 1.165) is 11.3 Å². The van der Waals surface area contributed by atoms with Crippen molar-refractivity contribution in [3.05, 3.63) is 71.9 Å². The van der Waals surface area contributed by atoms with Crippen molar-refractivity contribution >= 4 is 11.8 Å². The quantitative estimate of drug-likeness (QED) is 0.541. The zero-order chi connectivity index (χ0) is 22.4. The molecule has 6 nitrogen and oxygen atoms in total. The van der Waals surface area contributed by atoms with Gasteiger partial charge in [0.2, 0.25) is 0 Å². The van der Waals surface area contributed by atoms with E-state index in [1.807, 2.05) is 88.4 Å². The molecule has 1 aromatic heterocycles. The van der Waals surface area contributed by atoms with E-state index in [2.05, 4.69) is 0 Å². The van der Waals surface area contributed by atoms with Crippen molar-refractivity contribution in [1.82, 2.24) is 19.6 Å². The largest absolute Gasteiger partial charge is 0.339 e. The lowest BCUT2D eigenvalue weighted by atomic mass is 10.0. The van der Waals surface area contributed by atoms with Crippen LogP contribution < -0.4 is 0 Å². The zero-order valence-electron chi connectivity index (χ0n) is 18.7. The molecule has 0 N–H and O–H groups in total. The lowest BCUT2D eigenvalue weighted by molar-refractivity contribution is 0.0731. The summed E-state index contributed by atoms with van der Waals surface area (Å²) in [6, 6.07) is 19.3. The van der Waals surface area contributed by atoms with Gasteiger partial charge in [-0.3, -0.25) is 9.59 Å². The topological polar surface area (TPSA) is 58.4 Å². The summed E-state index contributed by atoms with van der Waals surface area (Å²) in [5.74, 6) is -0.408. The van der Waals surface area contributed by atoms with Crippen molar-refractivity contribution in [1.29, 1.82) is 0 Å². The summed E-state index contributed by atoms with van der Waals surface area (Å²) in [6.45, 7) is 9.95. The first kappa shape index (κ1) is 22.3. The molecule has 0 saturated carbocycles. The summed E-state index contributed by atoms with van der Waals surface area (Å²) < 4.78 is 1.72. The molecule has 3 rings (SSSR count). The summed E-state index contributed by atoms with van der Waals surface area (Å²) in [5.41, 5.74) is 2.83. The maximum Gasteiger partial charge on any atom is 0.275 e. The van der Waals surface area contributed by atoms with Gasteiger partial charge in [0.1, 0.15) is 0 Å². The van der Waals surface area contributed by atoms with Gasteiger partial charge in [-0.1, -0.05) is 48.5 Å². The standard InChI is InChI=1S/C25H30N4O2/c1-5-27(6-2)24(30)21-22(25(31)28(7-3)8-4)26-29(20-17-13-10-14-18-20)23(21)19-15-11-9-12-16-19/h9-18H,5-8H2,1-4H3. The third-order valence-corrected chi connectivity index (χ3v) is 5.45. The highest BCUT2D eigenvalue weighted by Crippen LogP contribution is 2.31. The molecule has 0 atom stereocenters. The molecule has 6 heteroatoms. The number of benzene rings is 2. The third kappa shape index (κ3) is 4.38. The van der Waals surface area contributed by atoms with Crippen LogP contribution >= 0.6 is 0 Å². The summed E-state index contributed by atoms with van der Waals surface area (Å²) >= 11 is 0. The van der Waals surface area contributed by atoms with Crippen molar-refractivity contribution in [3.63, 3.8) is 0 Å². The van der Waals surface area contributed by atoms with Crippen LogP contribution in [0.2, 0.25) is 0 Å². The number of para-hydroxylation sites is 1. The second-order valence-electron chi connectivity index (χ2n) is 7.14. The Balaban J connectivity index is 2.36. The normalized spacial score (nSPS) is 10.7. The molecule has 0 spiro atoms. The van der Waals surface area contributed by atoms with E-state index in [-0.39, 0.29) is 17.5 Å². The summed E-state index contributed by atoms with van der Waals surface area (Å²) in [6.07, 6.45) is 0. The minimum absolute atomic E-state index is 0.179. The van der Waals surface area contributed by atoms with Gasteiger partial charge in [0.25, 0.3) is 11.8 Å². The van der Waals surface area contributed by atoms with Crippen LogP contribution in [-0.2, 0) is 0 Å². The highest BCUT2D eigenvalue weighted by atomic mass is 16.2. The Hall–Kier alpha value is -3.41. The van der Waals surface area contributed by atoms with Gasteiger partial charge in [-0.2, -0.15) is 5.10 Å². The van der Waals surface area contributed by atoms with Crippen LogP contribution in [0.15, 0.2) is 60.7 Å². The summed E-state index contributed by atoms with van der Waals surface area (Å²) in [4.78, 5) is 30.5. The summed E-state index contributed by atoms with van der Waals surface area (Å²) in [7, 11) is 0. The fraction of sp³-hybridized carbons (Fsp3) is 0.320. The molecule has 2 amide bonds. The molecule has 0 radical (unpaired) electrons. The van der Waals surface area contributed by atoms with E-state index >= 15 is 0 Å². The number of hydrogen-bond donors (Lipinski definition) is 0. The maximum atomic E-state index is 13.7. The van der Waals surface area contributed by atoms with E-state index in [1.54, 1.807) is 14.5 Å². The molecule has 0 saturated heterocycles. The fourth-order valence-electron chi connectivity index (χ4n) is 3.72. The average Bonchev–Trinajstić information content (AvgIpc) is 3.22. The van der Waals surface area contributed by atoms with Gasteiger partial charge >= 0.3 is 0 Å². The van der Waals surface area contributed by atoms with E-state index in [1.165, 1.54) is 0 Å². The van der Waals surface area contributed by atoms with E-state index in [4.69, 9.17) is 5.10 Å². The number of nitrogens with zero attached hydrogens (tertiary/aromatic N) is 4. The first-order chi connectivity index (χ1) is 15.1. The fourth-order valence-corrected chi connectivity index (χ4v) is 3.72. The molecular weight excluding hydrogens is 388 g/mol. The molecule has 0 aliphatic heterocycles. The molecule has 0 aliphatic carbocycles. The van der Waals surface area contributed by atoms with E-state index < -0.39 is 0 Å². The third-order valence-electron chi connectivity index (χ3n) is 5.45. The average molecular weight is 419 g/mol. The number of carbonyl (C=O) groups excluding carboxylic acids is 2. The van der Waals surface area contributed by atoms with Crippen molar-refractivity contribution in [2.45, 2.75) is 27.7 Å². The number of amides is 2. The Morgan fingerprint density at radius 1 is 0.742 bits per heavy atom. The smallest absolute Gasteiger partial charge is 0.275 e. The van der Waals surface area contributed by atoms with Gasteiger partial charge in [0.05, 0.1) is 16.9 Å². The number of rotatable bonds is 8. The van der Waals surface area contributed by atoms with Crippen LogP contribution in [0.5, 0.6) is 0 Å². The summed E-state index contributed by atoms with van der Waals surface area (Å²) in [5, 5.41) is 4.72. The first-order valence-corrected chi connectivity index (χ1v) is 10.9. The number of carbonyl (C=O) groups is 2. The Morgan fingerprint density at radius 3 is 1.74 bits per heavy atom. The predicted molar refractivity (Wildman–Crippen MR) is 124 cm³/mol. The second-order valence-corrected chi connectivity index (χ2v) is 7.14. The lowest BCUT2D eigenvalue weighted by Crippen LogP contribution is -2.35. The minimum Gasteiger partial charge on any atom is -0.339 e. The van der Waals surface area contributed by atoms with Crippen LogP contribution in [0, 0.1) is 0 Å². The first-order valence-electron chi connectivity index (χ1n) is 10.9. The van der Waals surface area contributed by atoms with E-state index in [9.17, 15) is 9.59 Å². The molecular formula is C25H30N4O2. The van der Waals surface area contributed by atoms with Crippen LogP contribution in [0.25, 0.3) is 16.9 Å². The molecule has 0 unspecified atom stereocenters. The number of aromatic nitrogens is 2. The van der Waals surface area contributed by atoms with Crippen molar-refractivity contribution in [3.8, 4) is 16.9 Å². The van der Waals surface area contributed by atoms with Crippen molar-refractivity contribution in [2.75, 3.05) is 26.2 Å². The van der Waals surface area contributed by atoms with Crippen molar-refractivity contribution in [2.24, 2.45) is 0 Å². The van der Waals surface area contributed by atoms with Crippen LogP contribution in [0.3, 0.4) is 0 Å². The molecule has 0 bridgehead atoms. The minimum atomic E-state index is -0.229. The molecule has 31 heavy (non-hydrogen) atoms. The van der Waals surface area contributed by atoms with Crippen LogP contribution in [-0.4, -0.2) is 57.6 Å². The van der Waals surface area contributed by atoms with Gasteiger partial charge in [0, 0.05) is 31.7 Å². The van der Waals surface area contributed by atoms with Gasteiger partial charge in [-0.15, -0.1) is 0 Å². The predicted octanol–water partition coefficient (Wildman–Crippen LogP) is 4.50. The molecule has 162 valence electrons. The second kappa shape index (κ2) is 10.1. The molecule has 1 heterocycles. The van der Waals surface area contributed by atoms with E-state index in [0.29, 0.717) is 37.4 Å². The van der Waals surface area contributed by atoms with Gasteiger partial charge in [-0.05, 0) is 39.8 Å². The Kier molecular flexibility index (Phi) is 7.23. The molecule has 2 aromatic carbocycles. The Bertz CT molecular complexity index is 1020. The molecule has 0 aliphatic rings. The lowest BCUT2D eigenvalue weighted by Gasteiger charge is -2.21. The highest BCUT2D eigenvalue weighted by Gasteiger charge is 2.32. The SMILES string of the molecule is CCN(CC)C(=O)c1nn(-c2ccccc2)c(-c2ccccc2)c1C(=O)N(CC)CC. The van der Waals surface area contributed by atoms with Gasteiger partial charge in [0.15, 0.2) is 5.69 Å². The van der Waals surface area contributed by atoms with Gasteiger partial charge in [-0.25, -0.2) is 4.68 Å². The van der Waals surface area contributed by atoms with Gasteiger partial charge < -0.3 is 9.80 Å². The Labute approximate surface area is 184 Å². The monoisotopic (exact) mass is 418 g/mol. The maximum absolute atomic E-state index is 13.7. The molecule has 3 aromatic rings. The highest BCUT2D eigenvalue weighted by molar-refractivity contribution is 6.10. The van der Waals surface area contributed by atoms with Crippen molar-refractivity contribution < 1.29 is 9.59 Å². The van der Waals surface area contributed by atoms with Crippen LogP contribution in [0.1, 0.15) is 48.5 Å². The molecule has 0 fully saturated rings. The Morgan fingerprint density at radius 2 is 1.23 bits per heavy atom.